The lowest BCUT2D eigenvalue weighted by Crippen LogP contribution is -2.36. The lowest BCUT2D eigenvalue weighted by Gasteiger charge is -2.12. The summed E-state index contributed by atoms with van der Waals surface area (Å²) in [7, 11) is 0. The molecule has 78 valence electrons. The highest BCUT2D eigenvalue weighted by Crippen LogP contribution is 2.16. The van der Waals surface area contributed by atoms with Crippen molar-refractivity contribution >= 4 is 0 Å². The number of rotatable bonds is 4. The van der Waals surface area contributed by atoms with E-state index in [-0.39, 0.29) is 6.04 Å². The summed E-state index contributed by atoms with van der Waals surface area (Å²) in [6.07, 6.45) is 0. The fraction of sp³-hybridized carbons (Fsp3) is 0.455. The first-order chi connectivity index (χ1) is 6.61. The van der Waals surface area contributed by atoms with Gasteiger partial charge in [0.1, 0.15) is 12.4 Å². The number of ether oxygens (including phenoxy) is 1. The van der Waals surface area contributed by atoms with E-state index in [0.29, 0.717) is 6.61 Å². The van der Waals surface area contributed by atoms with Crippen LogP contribution in [0.5, 0.6) is 5.75 Å². The summed E-state index contributed by atoms with van der Waals surface area (Å²) in [6, 6.07) is 6.33. The van der Waals surface area contributed by atoms with E-state index in [2.05, 4.69) is 25.3 Å². The molecule has 1 aromatic carbocycles. The molecule has 1 unspecified atom stereocenters. The molecular formula is C11H18N2O. The van der Waals surface area contributed by atoms with Crippen LogP contribution in [0.1, 0.15) is 18.1 Å². The van der Waals surface area contributed by atoms with E-state index in [0.717, 1.165) is 5.75 Å². The van der Waals surface area contributed by atoms with Crippen molar-refractivity contribution in [1.29, 1.82) is 0 Å². The van der Waals surface area contributed by atoms with Crippen LogP contribution in [0.3, 0.4) is 0 Å². The maximum absolute atomic E-state index is 5.58. The van der Waals surface area contributed by atoms with Gasteiger partial charge in [-0.15, -0.1) is 0 Å². The van der Waals surface area contributed by atoms with Gasteiger partial charge in [0, 0.05) is 0 Å². The molecule has 0 saturated heterocycles. The van der Waals surface area contributed by atoms with Gasteiger partial charge in [-0.2, -0.15) is 0 Å². The van der Waals surface area contributed by atoms with Crippen LogP contribution in [0.2, 0.25) is 0 Å². The number of nitrogens with one attached hydrogen (secondary N) is 1. The molecule has 0 radical (unpaired) electrons. The smallest absolute Gasteiger partial charge is 0.119 e. The van der Waals surface area contributed by atoms with Crippen molar-refractivity contribution in [2.75, 3.05) is 6.61 Å². The average molecular weight is 194 g/mol. The van der Waals surface area contributed by atoms with Crippen LogP contribution in [0.4, 0.5) is 0 Å². The highest BCUT2D eigenvalue weighted by molar-refractivity contribution is 5.32. The van der Waals surface area contributed by atoms with Crippen molar-refractivity contribution in [3.63, 3.8) is 0 Å². The molecule has 1 atom stereocenters. The molecule has 0 bridgehead atoms. The SMILES string of the molecule is Cc1cc(C)cc(OCC(C)NN)c1. The van der Waals surface area contributed by atoms with Gasteiger partial charge in [0.25, 0.3) is 0 Å². The molecule has 1 rings (SSSR count). The molecule has 0 spiro atoms. The predicted octanol–water partition coefficient (Wildman–Crippen LogP) is 1.53. The van der Waals surface area contributed by atoms with E-state index in [1.165, 1.54) is 11.1 Å². The van der Waals surface area contributed by atoms with E-state index in [4.69, 9.17) is 10.6 Å². The van der Waals surface area contributed by atoms with Crippen molar-refractivity contribution in [3.8, 4) is 5.75 Å². The molecule has 0 heterocycles. The maximum atomic E-state index is 5.58. The van der Waals surface area contributed by atoms with Crippen molar-refractivity contribution < 1.29 is 4.74 Å². The molecule has 0 saturated carbocycles. The Labute approximate surface area is 85.2 Å². The zero-order valence-corrected chi connectivity index (χ0v) is 9.00. The van der Waals surface area contributed by atoms with E-state index < -0.39 is 0 Å². The van der Waals surface area contributed by atoms with Crippen LogP contribution in [0.15, 0.2) is 18.2 Å². The Morgan fingerprint density at radius 2 is 1.86 bits per heavy atom. The van der Waals surface area contributed by atoms with Gasteiger partial charge in [-0.05, 0) is 44.0 Å². The summed E-state index contributed by atoms with van der Waals surface area (Å²) in [5.41, 5.74) is 5.07. The number of benzene rings is 1. The number of hydrogen-bond acceptors (Lipinski definition) is 3. The van der Waals surface area contributed by atoms with Gasteiger partial charge in [-0.1, -0.05) is 6.07 Å². The monoisotopic (exact) mass is 194 g/mol. The van der Waals surface area contributed by atoms with Crippen LogP contribution in [-0.4, -0.2) is 12.6 Å². The third-order valence-electron chi connectivity index (χ3n) is 1.98. The topological polar surface area (TPSA) is 47.3 Å². The van der Waals surface area contributed by atoms with Gasteiger partial charge < -0.3 is 4.74 Å². The first-order valence-corrected chi connectivity index (χ1v) is 4.79. The summed E-state index contributed by atoms with van der Waals surface area (Å²) < 4.78 is 5.58. The molecule has 14 heavy (non-hydrogen) atoms. The highest BCUT2D eigenvalue weighted by atomic mass is 16.5. The Bertz CT molecular complexity index is 279. The van der Waals surface area contributed by atoms with Crippen molar-refractivity contribution in [2.45, 2.75) is 26.8 Å². The molecular weight excluding hydrogens is 176 g/mol. The largest absolute Gasteiger partial charge is 0.492 e. The second-order valence-electron chi connectivity index (χ2n) is 3.70. The van der Waals surface area contributed by atoms with E-state index in [1.807, 2.05) is 19.1 Å². The van der Waals surface area contributed by atoms with Crippen LogP contribution >= 0.6 is 0 Å². The molecule has 0 aliphatic heterocycles. The van der Waals surface area contributed by atoms with E-state index in [1.54, 1.807) is 0 Å². The van der Waals surface area contributed by atoms with E-state index in [9.17, 15) is 0 Å². The minimum absolute atomic E-state index is 0.163. The summed E-state index contributed by atoms with van der Waals surface area (Å²) in [6.45, 7) is 6.68. The molecule has 3 N–H and O–H groups in total. The molecule has 3 nitrogen and oxygen atoms in total. The third kappa shape index (κ3) is 3.36. The van der Waals surface area contributed by atoms with Crippen LogP contribution in [-0.2, 0) is 0 Å². The maximum Gasteiger partial charge on any atom is 0.119 e. The van der Waals surface area contributed by atoms with Gasteiger partial charge in [0.2, 0.25) is 0 Å². The number of nitrogens with two attached hydrogens (primary N) is 1. The summed E-state index contributed by atoms with van der Waals surface area (Å²) in [4.78, 5) is 0. The van der Waals surface area contributed by atoms with Gasteiger partial charge in [-0.25, -0.2) is 0 Å². The highest BCUT2D eigenvalue weighted by Gasteiger charge is 2.00. The Balaban J connectivity index is 2.58. The third-order valence-corrected chi connectivity index (χ3v) is 1.98. The average Bonchev–Trinajstić information content (AvgIpc) is 2.12. The Morgan fingerprint density at radius 1 is 1.29 bits per heavy atom. The van der Waals surface area contributed by atoms with Gasteiger partial charge in [0.15, 0.2) is 0 Å². The van der Waals surface area contributed by atoms with Crippen LogP contribution < -0.4 is 16.0 Å². The Morgan fingerprint density at radius 3 is 2.36 bits per heavy atom. The normalized spacial score (nSPS) is 12.6. The van der Waals surface area contributed by atoms with E-state index >= 15 is 0 Å². The first kappa shape index (κ1) is 11.0. The standard InChI is InChI=1S/C11H18N2O/c1-8-4-9(2)6-11(5-8)14-7-10(3)13-12/h4-6,10,13H,7,12H2,1-3H3. The number of hydrogen-bond donors (Lipinski definition) is 2. The quantitative estimate of drug-likeness (QED) is 0.564. The van der Waals surface area contributed by atoms with Crippen molar-refractivity contribution in [1.82, 2.24) is 5.43 Å². The number of aryl methyl sites for hydroxylation is 2. The minimum atomic E-state index is 0.163. The van der Waals surface area contributed by atoms with Crippen molar-refractivity contribution in [3.05, 3.63) is 29.3 Å². The number of hydrazine groups is 1. The molecule has 3 heteroatoms. The molecule has 0 aliphatic rings. The summed E-state index contributed by atoms with van der Waals surface area (Å²) >= 11 is 0. The predicted molar refractivity (Wildman–Crippen MR) is 58.2 cm³/mol. The van der Waals surface area contributed by atoms with Crippen LogP contribution in [0.25, 0.3) is 0 Å². The van der Waals surface area contributed by atoms with Gasteiger partial charge in [-0.3, -0.25) is 11.3 Å². The zero-order chi connectivity index (χ0) is 10.6. The minimum Gasteiger partial charge on any atom is -0.492 e. The fourth-order valence-corrected chi connectivity index (χ4v) is 1.29. The first-order valence-electron chi connectivity index (χ1n) is 4.79. The molecule has 0 fully saturated rings. The fourth-order valence-electron chi connectivity index (χ4n) is 1.29. The molecule has 1 aromatic rings. The zero-order valence-electron chi connectivity index (χ0n) is 9.00. The lowest BCUT2D eigenvalue weighted by atomic mass is 10.1. The second kappa shape index (κ2) is 4.98. The van der Waals surface area contributed by atoms with Gasteiger partial charge in [0.05, 0.1) is 6.04 Å². The van der Waals surface area contributed by atoms with Crippen LogP contribution in [0, 0.1) is 13.8 Å². The lowest BCUT2D eigenvalue weighted by molar-refractivity contribution is 0.274. The van der Waals surface area contributed by atoms with Gasteiger partial charge >= 0.3 is 0 Å². The molecule has 0 aliphatic carbocycles. The Kier molecular flexibility index (Phi) is 3.92. The molecule has 0 amide bonds. The summed E-state index contributed by atoms with van der Waals surface area (Å²) in [5.74, 6) is 6.17. The second-order valence-corrected chi connectivity index (χ2v) is 3.70. The summed E-state index contributed by atoms with van der Waals surface area (Å²) in [5, 5.41) is 0. The Hall–Kier alpha value is -1.06. The molecule has 0 aromatic heterocycles. The van der Waals surface area contributed by atoms with Crippen molar-refractivity contribution in [2.24, 2.45) is 5.84 Å².